The quantitative estimate of drug-likeness (QED) is 0.384. The zero-order valence-corrected chi connectivity index (χ0v) is 16.6. The minimum atomic E-state index is -5.15. The molecule has 2 atom stereocenters. The van der Waals surface area contributed by atoms with E-state index in [2.05, 4.69) is 14.2 Å². The van der Waals surface area contributed by atoms with Crippen molar-refractivity contribution in [1.82, 2.24) is 0 Å². The molecule has 10 nitrogen and oxygen atoms in total. The van der Waals surface area contributed by atoms with Crippen molar-refractivity contribution in [3.63, 3.8) is 0 Å². The number of hydrogen-bond donors (Lipinski definition) is 2. The molecular formula is C18H19O10P. The van der Waals surface area contributed by atoms with Crippen LogP contribution in [0.1, 0.15) is 32.2 Å². The molecule has 0 aliphatic carbocycles. The summed E-state index contributed by atoms with van der Waals surface area (Å²) in [5, 5.41) is 11.9. The van der Waals surface area contributed by atoms with E-state index in [1.54, 1.807) is 30.3 Å². The summed E-state index contributed by atoms with van der Waals surface area (Å²) >= 11 is 0. The van der Waals surface area contributed by atoms with Gasteiger partial charge in [0.2, 0.25) is 0 Å². The summed E-state index contributed by atoms with van der Waals surface area (Å²) in [4.78, 5) is 44.4. The van der Waals surface area contributed by atoms with Crippen LogP contribution >= 0.6 is 7.60 Å². The number of benzene rings is 2. The predicted molar refractivity (Wildman–Crippen MR) is 97.8 cm³/mol. The normalized spacial score (nSPS) is 14.5. The van der Waals surface area contributed by atoms with Crippen molar-refractivity contribution in [2.45, 2.75) is 32.8 Å². The van der Waals surface area contributed by atoms with Gasteiger partial charge in [-0.1, -0.05) is 36.4 Å². The summed E-state index contributed by atoms with van der Waals surface area (Å²) in [5.74, 6) is -5.62. The second-order valence-electron chi connectivity index (χ2n) is 5.92. The Balaban J connectivity index is 2.42. The highest BCUT2D eigenvalue weighted by Gasteiger charge is 2.53. The summed E-state index contributed by atoms with van der Waals surface area (Å²) in [6.45, 7) is 2.56. The average Bonchev–Trinajstić information content (AvgIpc) is 2.58. The molecule has 156 valence electrons. The third-order valence-electron chi connectivity index (χ3n) is 3.43. The van der Waals surface area contributed by atoms with Gasteiger partial charge in [0, 0.05) is 20.8 Å². The molecule has 2 aromatic rings. The fourth-order valence-corrected chi connectivity index (χ4v) is 3.48. The minimum absolute atomic E-state index is 0.0168. The lowest BCUT2D eigenvalue weighted by molar-refractivity contribution is -0.419. The number of aliphatic hydroxyl groups excluding tert-OH is 1. The maximum atomic E-state index is 12.7. The van der Waals surface area contributed by atoms with Gasteiger partial charge in [0.05, 0.1) is 0 Å². The third-order valence-corrected chi connectivity index (χ3v) is 4.83. The molecule has 2 unspecified atom stereocenters. The van der Waals surface area contributed by atoms with Gasteiger partial charge in [0.25, 0.3) is 0 Å². The molecule has 2 aromatic carbocycles. The Morgan fingerprint density at radius 3 is 1.86 bits per heavy atom. The Morgan fingerprint density at radius 1 is 0.897 bits per heavy atom. The molecule has 0 heterocycles. The Bertz CT molecular complexity index is 945. The van der Waals surface area contributed by atoms with Crippen LogP contribution in [0.5, 0.6) is 0 Å². The molecule has 11 heteroatoms. The Morgan fingerprint density at radius 2 is 1.38 bits per heavy atom. The number of hydrogen-bond acceptors (Lipinski definition) is 9. The van der Waals surface area contributed by atoms with Gasteiger partial charge in [-0.2, -0.15) is 4.52 Å². The molecule has 0 aliphatic rings. The van der Waals surface area contributed by atoms with Crippen LogP contribution in [-0.2, 0) is 37.7 Å². The highest BCUT2D eigenvalue weighted by atomic mass is 31.2. The van der Waals surface area contributed by atoms with Crippen molar-refractivity contribution in [1.29, 1.82) is 0 Å². The van der Waals surface area contributed by atoms with E-state index in [1.807, 2.05) is 0 Å². The third kappa shape index (κ3) is 5.85. The molecule has 29 heavy (non-hydrogen) atoms. The van der Waals surface area contributed by atoms with Crippen LogP contribution in [0, 0.1) is 0 Å². The Hall–Kier alpha value is -2.78. The smallest absolute Gasteiger partial charge is 0.376 e. The highest BCUT2D eigenvalue weighted by Crippen LogP contribution is 2.58. The SMILES string of the molecule is CC(=O)OC(OC(C)=O)(OC(C)=O)OP(=O)(O)C(O)c1ccc2ccccc2c1. The molecule has 0 saturated heterocycles. The molecule has 0 radical (unpaired) electrons. The van der Waals surface area contributed by atoms with Crippen molar-refractivity contribution < 1.29 is 47.7 Å². The van der Waals surface area contributed by atoms with E-state index < -0.39 is 37.5 Å². The van der Waals surface area contributed by atoms with E-state index in [0.29, 0.717) is 5.39 Å². The highest BCUT2D eigenvalue weighted by molar-refractivity contribution is 7.53. The lowest BCUT2D eigenvalue weighted by Gasteiger charge is -2.31. The van der Waals surface area contributed by atoms with Crippen molar-refractivity contribution in [3.8, 4) is 0 Å². The van der Waals surface area contributed by atoms with Crippen LogP contribution in [-0.4, -0.2) is 34.1 Å². The molecule has 0 spiro atoms. The summed E-state index contributed by atoms with van der Waals surface area (Å²) in [6.07, 6.45) is -3.29. The zero-order valence-electron chi connectivity index (χ0n) is 15.7. The van der Waals surface area contributed by atoms with E-state index >= 15 is 0 Å². The standard InChI is InChI=1S/C18H19O10P/c1-11(19)25-18(26-12(2)20,27-13(3)21)28-29(23,24)17(22)16-9-8-14-6-4-5-7-15(14)10-16/h4-10,17,22H,1-3H3,(H,23,24). The van der Waals surface area contributed by atoms with Crippen LogP contribution < -0.4 is 0 Å². The van der Waals surface area contributed by atoms with Crippen LogP contribution in [0.15, 0.2) is 42.5 Å². The Kier molecular flexibility index (Phi) is 6.76. The maximum absolute atomic E-state index is 12.7. The van der Waals surface area contributed by atoms with E-state index in [0.717, 1.165) is 26.2 Å². The van der Waals surface area contributed by atoms with Gasteiger partial charge in [-0.05, 0) is 22.4 Å². The molecule has 0 amide bonds. The van der Waals surface area contributed by atoms with Gasteiger partial charge >= 0.3 is 31.7 Å². The van der Waals surface area contributed by atoms with Gasteiger partial charge < -0.3 is 24.2 Å². The van der Waals surface area contributed by atoms with E-state index in [-0.39, 0.29) is 5.56 Å². The Labute approximate surface area is 165 Å². The number of esters is 3. The maximum Gasteiger partial charge on any atom is 0.573 e. The molecule has 0 saturated carbocycles. The molecule has 2 N–H and O–H groups in total. The van der Waals surface area contributed by atoms with Crippen LogP contribution in [0.4, 0.5) is 0 Å². The lowest BCUT2D eigenvalue weighted by atomic mass is 10.1. The van der Waals surface area contributed by atoms with Gasteiger partial charge in [-0.3, -0.25) is 18.9 Å². The number of fused-ring (bicyclic) bond motifs is 1. The number of aliphatic hydroxyl groups is 1. The van der Waals surface area contributed by atoms with Crippen molar-refractivity contribution in [3.05, 3.63) is 48.0 Å². The first-order valence-electron chi connectivity index (χ1n) is 8.23. The van der Waals surface area contributed by atoms with Crippen LogP contribution in [0.2, 0.25) is 0 Å². The molecule has 0 fully saturated rings. The van der Waals surface area contributed by atoms with Crippen LogP contribution in [0.3, 0.4) is 0 Å². The average molecular weight is 426 g/mol. The summed E-state index contributed by atoms with van der Waals surface area (Å²) in [5.41, 5.74) is -0.0168. The van der Waals surface area contributed by atoms with Gasteiger partial charge in [0.1, 0.15) is 0 Å². The van der Waals surface area contributed by atoms with Gasteiger partial charge in [-0.15, -0.1) is 0 Å². The van der Waals surface area contributed by atoms with Crippen molar-refractivity contribution >= 4 is 36.3 Å². The lowest BCUT2D eigenvalue weighted by Crippen LogP contribution is -2.45. The largest absolute Gasteiger partial charge is 0.573 e. The van der Waals surface area contributed by atoms with Gasteiger partial charge in [0.15, 0.2) is 5.85 Å². The summed E-state index contributed by atoms with van der Waals surface area (Å²) in [6, 6.07) is 11.5. The summed E-state index contributed by atoms with van der Waals surface area (Å²) < 4.78 is 31.1. The topological polar surface area (TPSA) is 146 Å². The number of rotatable bonds is 7. The van der Waals surface area contributed by atoms with Crippen molar-refractivity contribution in [2.24, 2.45) is 0 Å². The van der Waals surface area contributed by atoms with Gasteiger partial charge in [-0.25, -0.2) is 0 Å². The zero-order chi connectivity index (χ0) is 21.8. The number of carbonyl (C=O) groups is 3. The molecule has 0 bridgehead atoms. The molecule has 0 aromatic heterocycles. The molecule has 2 rings (SSSR count). The van der Waals surface area contributed by atoms with Crippen molar-refractivity contribution in [2.75, 3.05) is 0 Å². The second kappa shape index (κ2) is 8.71. The first-order valence-corrected chi connectivity index (χ1v) is 9.87. The van der Waals surface area contributed by atoms with Crippen LogP contribution in [0.25, 0.3) is 10.8 Å². The van der Waals surface area contributed by atoms with E-state index in [9.17, 15) is 28.9 Å². The number of ether oxygens (including phenoxy) is 3. The minimum Gasteiger partial charge on any atom is -0.376 e. The monoisotopic (exact) mass is 426 g/mol. The second-order valence-corrected chi connectivity index (χ2v) is 7.72. The fraction of sp³-hybridized carbons (Fsp3) is 0.278. The van der Waals surface area contributed by atoms with E-state index in [1.165, 1.54) is 12.1 Å². The molecule has 0 aliphatic heterocycles. The first kappa shape index (κ1) is 22.5. The fourth-order valence-electron chi connectivity index (χ4n) is 2.41. The predicted octanol–water partition coefficient (Wildman–Crippen LogP) is 2.33. The van der Waals surface area contributed by atoms with E-state index in [4.69, 9.17) is 4.52 Å². The number of carbonyl (C=O) groups excluding carboxylic acids is 3. The summed E-state index contributed by atoms with van der Waals surface area (Å²) in [7, 11) is -5.15. The molecular weight excluding hydrogens is 407 g/mol. The first-order chi connectivity index (χ1) is 13.4.